The summed E-state index contributed by atoms with van der Waals surface area (Å²) in [6.45, 7) is 4.04. The van der Waals surface area contributed by atoms with Gasteiger partial charge in [0.25, 0.3) is 0 Å². The van der Waals surface area contributed by atoms with E-state index in [2.05, 4.69) is 25.6 Å². The third-order valence-corrected chi connectivity index (χ3v) is 5.18. The third-order valence-electron chi connectivity index (χ3n) is 4.43. The molecule has 0 atom stereocenters. The Morgan fingerprint density at radius 3 is 2.66 bits per heavy atom. The van der Waals surface area contributed by atoms with E-state index < -0.39 is 11.7 Å². The highest BCUT2D eigenvalue weighted by molar-refractivity contribution is 7.14. The highest BCUT2D eigenvalue weighted by Crippen LogP contribution is 2.37. The molecule has 4 heterocycles. The van der Waals surface area contributed by atoms with E-state index in [1.54, 1.807) is 6.20 Å². The van der Waals surface area contributed by atoms with Crippen molar-refractivity contribution in [3.05, 3.63) is 41.0 Å². The van der Waals surface area contributed by atoms with E-state index in [9.17, 15) is 13.2 Å². The lowest BCUT2D eigenvalue weighted by Gasteiger charge is -2.16. The molecule has 0 bridgehead atoms. The van der Waals surface area contributed by atoms with Crippen molar-refractivity contribution in [2.75, 3.05) is 17.7 Å². The molecule has 10 heteroatoms. The van der Waals surface area contributed by atoms with Gasteiger partial charge in [-0.25, -0.2) is 9.97 Å². The monoisotopic (exact) mass is 421 g/mol. The zero-order chi connectivity index (χ0) is 20.8. The molecule has 0 fully saturated rings. The molecular formula is C19H18F3N5OS. The third kappa shape index (κ3) is 3.98. The first kappa shape index (κ1) is 19.4. The fraction of sp³-hybridized carbons (Fsp3) is 0.316. The van der Waals surface area contributed by atoms with Crippen molar-refractivity contribution in [2.45, 2.75) is 32.0 Å². The number of hydrogen-bond acceptors (Lipinski definition) is 7. The Bertz CT molecular complexity index is 1060. The Balaban J connectivity index is 1.57. The van der Waals surface area contributed by atoms with Gasteiger partial charge in [0.05, 0.1) is 23.1 Å². The Kier molecular flexibility index (Phi) is 4.60. The van der Waals surface area contributed by atoms with Gasteiger partial charge in [-0.1, -0.05) is 0 Å². The number of ether oxygens (including phenoxy) is 1. The number of fused-ring (bicyclic) bond motifs is 1. The molecule has 4 rings (SSSR count). The molecule has 29 heavy (non-hydrogen) atoms. The highest BCUT2D eigenvalue weighted by atomic mass is 32.1. The number of thiazole rings is 1. The van der Waals surface area contributed by atoms with Gasteiger partial charge in [-0.15, -0.1) is 11.3 Å². The molecule has 0 saturated carbocycles. The van der Waals surface area contributed by atoms with Crippen LogP contribution < -0.4 is 15.4 Å². The molecule has 0 aromatic carbocycles. The van der Waals surface area contributed by atoms with Crippen LogP contribution >= 0.6 is 11.3 Å². The second-order valence-electron chi connectivity index (χ2n) is 7.25. The van der Waals surface area contributed by atoms with E-state index in [4.69, 9.17) is 4.74 Å². The maximum Gasteiger partial charge on any atom is 0.417 e. The maximum absolute atomic E-state index is 12.9. The lowest BCUT2D eigenvalue weighted by atomic mass is 10.0. The van der Waals surface area contributed by atoms with Crippen LogP contribution in [0.5, 0.6) is 5.75 Å². The van der Waals surface area contributed by atoms with E-state index in [-0.39, 0.29) is 17.1 Å². The molecule has 6 nitrogen and oxygen atoms in total. The predicted octanol–water partition coefficient (Wildman–Crippen LogP) is 5.12. The van der Waals surface area contributed by atoms with Gasteiger partial charge in [0.1, 0.15) is 17.0 Å². The lowest BCUT2D eigenvalue weighted by molar-refractivity contribution is -0.137. The largest absolute Gasteiger partial charge is 0.486 e. The summed E-state index contributed by atoms with van der Waals surface area (Å²) in [5.74, 6) is 1.04. The minimum atomic E-state index is -4.46. The lowest BCUT2D eigenvalue weighted by Crippen LogP contribution is -2.24. The average Bonchev–Trinajstić information content (AvgIpc) is 3.22. The number of hydrogen-bond donors (Lipinski definition) is 2. The standard InChI is InChI=1S/C19H18F3N5OS/c1-18(2)6-10-4-12(24-8-15(10)28-18)14-9-29-17(26-14)27-16-13(23-3)5-11(7-25-16)19(20,21)22/h4-5,7-9,23H,6H2,1-3H3,(H,25,26,27). The highest BCUT2D eigenvalue weighted by Gasteiger charge is 2.32. The summed E-state index contributed by atoms with van der Waals surface area (Å²) in [5, 5.41) is 8.04. The summed E-state index contributed by atoms with van der Waals surface area (Å²) >= 11 is 1.32. The molecule has 0 amide bonds. The first-order chi connectivity index (χ1) is 13.6. The Morgan fingerprint density at radius 2 is 1.93 bits per heavy atom. The van der Waals surface area contributed by atoms with Crippen LogP contribution in [0.25, 0.3) is 11.4 Å². The van der Waals surface area contributed by atoms with Gasteiger partial charge < -0.3 is 15.4 Å². The van der Waals surface area contributed by atoms with Crippen LogP contribution in [0.4, 0.5) is 29.8 Å². The number of pyridine rings is 2. The minimum Gasteiger partial charge on any atom is -0.486 e. The second kappa shape index (κ2) is 6.87. The Labute approximate surface area is 169 Å². The van der Waals surface area contributed by atoms with E-state index in [0.29, 0.717) is 16.5 Å². The van der Waals surface area contributed by atoms with E-state index in [0.717, 1.165) is 30.0 Å². The van der Waals surface area contributed by atoms with E-state index in [1.807, 2.05) is 25.3 Å². The van der Waals surface area contributed by atoms with Crippen LogP contribution in [0.3, 0.4) is 0 Å². The SMILES string of the molecule is CNc1cc(C(F)(F)F)cnc1Nc1nc(-c2cc3c(cn2)OC(C)(C)C3)cs1. The fourth-order valence-electron chi connectivity index (χ4n) is 3.11. The first-order valence-corrected chi connectivity index (χ1v) is 9.68. The summed E-state index contributed by atoms with van der Waals surface area (Å²) in [6.07, 6.45) is -1.18. The van der Waals surface area contributed by atoms with Crippen molar-refractivity contribution in [1.82, 2.24) is 15.0 Å². The van der Waals surface area contributed by atoms with Crippen LogP contribution in [0, 0.1) is 0 Å². The van der Waals surface area contributed by atoms with Gasteiger partial charge in [-0.2, -0.15) is 13.2 Å². The molecule has 0 aliphatic carbocycles. The van der Waals surface area contributed by atoms with Gasteiger partial charge >= 0.3 is 6.18 Å². The molecule has 3 aromatic rings. The van der Waals surface area contributed by atoms with E-state index in [1.165, 1.54) is 18.4 Å². The van der Waals surface area contributed by atoms with Crippen LogP contribution in [0.2, 0.25) is 0 Å². The summed E-state index contributed by atoms with van der Waals surface area (Å²) in [4.78, 5) is 12.8. The molecule has 0 radical (unpaired) electrons. The van der Waals surface area contributed by atoms with E-state index >= 15 is 0 Å². The molecule has 152 valence electrons. The van der Waals surface area contributed by atoms with Gasteiger partial charge in [-0.05, 0) is 26.0 Å². The van der Waals surface area contributed by atoms with Crippen molar-refractivity contribution in [3.63, 3.8) is 0 Å². The number of rotatable bonds is 4. The average molecular weight is 421 g/mol. The van der Waals surface area contributed by atoms with Crippen LogP contribution in [0.1, 0.15) is 25.0 Å². The van der Waals surface area contributed by atoms with Crippen molar-refractivity contribution in [3.8, 4) is 17.1 Å². The van der Waals surface area contributed by atoms with Gasteiger partial charge in [-0.3, -0.25) is 4.98 Å². The Morgan fingerprint density at radius 1 is 1.14 bits per heavy atom. The zero-order valence-electron chi connectivity index (χ0n) is 15.9. The van der Waals surface area contributed by atoms with Crippen molar-refractivity contribution < 1.29 is 17.9 Å². The van der Waals surface area contributed by atoms with Crippen LogP contribution in [0.15, 0.2) is 29.9 Å². The molecule has 1 aliphatic rings. The van der Waals surface area contributed by atoms with Crippen LogP contribution in [-0.4, -0.2) is 27.6 Å². The minimum absolute atomic E-state index is 0.228. The smallest absolute Gasteiger partial charge is 0.417 e. The zero-order valence-corrected chi connectivity index (χ0v) is 16.7. The molecule has 0 saturated heterocycles. The van der Waals surface area contributed by atoms with Gasteiger partial charge in [0.2, 0.25) is 0 Å². The molecule has 1 aliphatic heterocycles. The first-order valence-electron chi connectivity index (χ1n) is 8.80. The molecule has 0 unspecified atom stereocenters. The Hall–Kier alpha value is -2.88. The number of alkyl halides is 3. The van der Waals surface area contributed by atoms with Gasteiger partial charge in [0, 0.05) is 30.6 Å². The second-order valence-corrected chi connectivity index (χ2v) is 8.10. The maximum atomic E-state index is 12.9. The predicted molar refractivity (Wildman–Crippen MR) is 106 cm³/mol. The normalized spacial score (nSPS) is 15.0. The molecule has 0 spiro atoms. The fourth-order valence-corrected chi connectivity index (χ4v) is 3.81. The topological polar surface area (TPSA) is 72.0 Å². The molecule has 2 N–H and O–H groups in total. The molecular weight excluding hydrogens is 403 g/mol. The van der Waals surface area contributed by atoms with Gasteiger partial charge in [0.15, 0.2) is 10.9 Å². The number of halogens is 3. The van der Waals surface area contributed by atoms with Crippen molar-refractivity contribution >= 4 is 28.0 Å². The number of nitrogens with one attached hydrogen (secondary N) is 2. The summed E-state index contributed by atoms with van der Waals surface area (Å²) in [7, 11) is 1.54. The number of nitrogens with zero attached hydrogens (tertiary/aromatic N) is 3. The quantitative estimate of drug-likeness (QED) is 0.609. The number of anilines is 3. The summed E-state index contributed by atoms with van der Waals surface area (Å²) in [6, 6.07) is 2.96. The number of aromatic nitrogens is 3. The van der Waals surface area contributed by atoms with Crippen molar-refractivity contribution in [2.24, 2.45) is 0 Å². The molecule has 3 aromatic heterocycles. The van der Waals surface area contributed by atoms with Crippen molar-refractivity contribution in [1.29, 1.82) is 0 Å². The summed E-state index contributed by atoms with van der Waals surface area (Å²) < 4.78 is 44.5. The van der Waals surface area contributed by atoms with Crippen LogP contribution in [-0.2, 0) is 12.6 Å². The summed E-state index contributed by atoms with van der Waals surface area (Å²) in [5.41, 5.74) is 1.61.